The summed E-state index contributed by atoms with van der Waals surface area (Å²) >= 11 is 0. The lowest BCUT2D eigenvalue weighted by Crippen LogP contribution is -1.93. The highest BCUT2D eigenvalue weighted by atomic mass is 16.5. The van der Waals surface area contributed by atoms with E-state index in [2.05, 4.69) is 6.92 Å². The van der Waals surface area contributed by atoms with Crippen molar-refractivity contribution >= 4 is 6.29 Å². The Labute approximate surface area is 68.2 Å². The summed E-state index contributed by atoms with van der Waals surface area (Å²) in [4.78, 5) is 10.3. The van der Waals surface area contributed by atoms with Gasteiger partial charge in [0.05, 0.1) is 7.11 Å². The summed E-state index contributed by atoms with van der Waals surface area (Å²) in [6.07, 6.45) is 3.92. The first-order valence-corrected chi connectivity index (χ1v) is 3.95. The lowest BCUT2D eigenvalue weighted by molar-refractivity contribution is -0.105. The predicted molar refractivity (Wildman–Crippen MR) is 45.3 cm³/mol. The molecule has 0 rings (SSSR count). The van der Waals surface area contributed by atoms with Crippen LogP contribution in [0.4, 0.5) is 0 Å². The Morgan fingerprint density at radius 2 is 2.18 bits per heavy atom. The quantitative estimate of drug-likeness (QED) is 0.347. The van der Waals surface area contributed by atoms with Crippen LogP contribution in [-0.2, 0) is 9.53 Å². The molecule has 0 spiro atoms. The Morgan fingerprint density at radius 1 is 1.55 bits per heavy atom. The monoisotopic (exact) mass is 156 g/mol. The molecular weight excluding hydrogens is 140 g/mol. The van der Waals surface area contributed by atoms with Gasteiger partial charge < -0.3 is 4.74 Å². The molecule has 11 heavy (non-hydrogen) atoms. The van der Waals surface area contributed by atoms with Gasteiger partial charge in [-0.2, -0.15) is 0 Å². The van der Waals surface area contributed by atoms with Crippen molar-refractivity contribution in [1.29, 1.82) is 0 Å². The molecule has 0 saturated carbocycles. The highest BCUT2D eigenvalue weighted by molar-refractivity contribution is 5.72. The van der Waals surface area contributed by atoms with Gasteiger partial charge >= 0.3 is 0 Å². The summed E-state index contributed by atoms with van der Waals surface area (Å²) in [7, 11) is 1.61. The van der Waals surface area contributed by atoms with Crippen molar-refractivity contribution in [3.8, 4) is 0 Å². The average molecular weight is 156 g/mol. The molecule has 2 heteroatoms. The Hall–Kier alpha value is -0.790. The minimum Gasteiger partial charge on any atom is -0.501 e. The van der Waals surface area contributed by atoms with Crippen LogP contribution in [0.1, 0.15) is 33.1 Å². The summed E-state index contributed by atoms with van der Waals surface area (Å²) in [6.45, 7) is 3.89. The van der Waals surface area contributed by atoms with Crippen LogP contribution in [0.2, 0.25) is 0 Å². The molecule has 2 nitrogen and oxygen atoms in total. The maximum Gasteiger partial charge on any atom is 0.149 e. The molecule has 0 aliphatic rings. The number of carbonyl (C=O) groups excluding carboxylic acids is 1. The maximum absolute atomic E-state index is 10.3. The normalized spacial score (nSPS) is 12.3. The van der Waals surface area contributed by atoms with E-state index in [9.17, 15) is 4.79 Å². The standard InChI is InChI=1S/C9H16O2/c1-4-5-6-9(11-3)8(2)7-10/h7H,4-6H2,1-3H3. The van der Waals surface area contributed by atoms with Crippen LogP contribution in [0.15, 0.2) is 11.3 Å². The topological polar surface area (TPSA) is 26.3 Å². The number of ether oxygens (including phenoxy) is 1. The van der Waals surface area contributed by atoms with Gasteiger partial charge in [0.1, 0.15) is 12.0 Å². The largest absolute Gasteiger partial charge is 0.501 e. The minimum absolute atomic E-state index is 0.709. The zero-order chi connectivity index (χ0) is 8.69. The Bertz CT molecular complexity index is 148. The number of hydrogen-bond donors (Lipinski definition) is 0. The molecule has 0 saturated heterocycles. The zero-order valence-corrected chi connectivity index (χ0v) is 7.52. The second-order valence-electron chi connectivity index (χ2n) is 2.53. The van der Waals surface area contributed by atoms with Crippen molar-refractivity contribution in [1.82, 2.24) is 0 Å². The molecule has 0 bridgehead atoms. The number of methoxy groups -OCH3 is 1. The van der Waals surface area contributed by atoms with Gasteiger partial charge in [-0.3, -0.25) is 4.79 Å². The summed E-state index contributed by atoms with van der Waals surface area (Å²) in [6, 6.07) is 0. The van der Waals surface area contributed by atoms with Gasteiger partial charge in [0.25, 0.3) is 0 Å². The average Bonchev–Trinajstić information content (AvgIpc) is 2.05. The predicted octanol–water partition coefficient (Wildman–Crippen LogP) is 2.30. The van der Waals surface area contributed by atoms with Crippen LogP contribution in [0.25, 0.3) is 0 Å². The van der Waals surface area contributed by atoms with Gasteiger partial charge in [0, 0.05) is 12.0 Å². The fraction of sp³-hybridized carbons (Fsp3) is 0.667. The smallest absolute Gasteiger partial charge is 0.149 e. The highest BCUT2D eigenvalue weighted by Gasteiger charge is 1.99. The second-order valence-corrected chi connectivity index (χ2v) is 2.53. The number of hydrogen-bond acceptors (Lipinski definition) is 2. The molecule has 64 valence electrons. The van der Waals surface area contributed by atoms with E-state index >= 15 is 0 Å². The molecule has 0 aromatic carbocycles. The van der Waals surface area contributed by atoms with Crippen molar-refractivity contribution < 1.29 is 9.53 Å². The molecule has 0 unspecified atom stereocenters. The van der Waals surface area contributed by atoms with E-state index in [4.69, 9.17) is 4.74 Å². The highest BCUT2D eigenvalue weighted by Crippen LogP contribution is 2.11. The molecule has 0 N–H and O–H groups in total. The SMILES string of the molecule is CCCCC(OC)=C(C)C=O. The lowest BCUT2D eigenvalue weighted by Gasteiger charge is -2.05. The van der Waals surface area contributed by atoms with E-state index in [1.54, 1.807) is 14.0 Å². The van der Waals surface area contributed by atoms with E-state index < -0.39 is 0 Å². The number of aldehydes is 1. The minimum atomic E-state index is 0.709. The van der Waals surface area contributed by atoms with Crippen LogP contribution in [0, 0.1) is 0 Å². The van der Waals surface area contributed by atoms with Gasteiger partial charge in [-0.15, -0.1) is 0 Å². The Morgan fingerprint density at radius 3 is 2.55 bits per heavy atom. The molecule has 0 fully saturated rings. The van der Waals surface area contributed by atoms with Gasteiger partial charge in [0.2, 0.25) is 0 Å². The summed E-state index contributed by atoms with van der Waals surface area (Å²) < 4.78 is 5.05. The van der Waals surface area contributed by atoms with Gasteiger partial charge in [-0.05, 0) is 13.3 Å². The molecular formula is C9H16O2. The molecule has 0 radical (unpaired) electrons. The molecule has 0 aromatic rings. The number of rotatable bonds is 5. The molecule has 0 aliphatic heterocycles. The third kappa shape index (κ3) is 3.81. The first-order chi connectivity index (χ1) is 5.26. The van der Waals surface area contributed by atoms with Crippen molar-refractivity contribution in [2.75, 3.05) is 7.11 Å². The van der Waals surface area contributed by atoms with Crippen LogP contribution in [-0.4, -0.2) is 13.4 Å². The first kappa shape index (κ1) is 10.2. The maximum atomic E-state index is 10.3. The first-order valence-electron chi connectivity index (χ1n) is 3.95. The lowest BCUT2D eigenvalue weighted by atomic mass is 10.1. The third-order valence-corrected chi connectivity index (χ3v) is 1.62. The summed E-state index contributed by atoms with van der Waals surface area (Å²) in [5, 5.41) is 0. The van der Waals surface area contributed by atoms with Gasteiger partial charge in [-0.25, -0.2) is 0 Å². The molecule has 0 heterocycles. The third-order valence-electron chi connectivity index (χ3n) is 1.62. The van der Waals surface area contributed by atoms with Crippen molar-refractivity contribution in [2.24, 2.45) is 0 Å². The Kier molecular flexibility index (Phi) is 5.53. The Balaban J connectivity index is 4.03. The van der Waals surface area contributed by atoms with Crippen LogP contribution in [0.5, 0.6) is 0 Å². The van der Waals surface area contributed by atoms with E-state index in [1.807, 2.05) is 0 Å². The van der Waals surface area contributed by atoms with Gasteiger partial charge in [-0.1, -0.05) is 13.3 Å². The van der Waals surface area contributed by atoms with Crippen molar-refractivity contribution in [3.05, 3.63) is 11.3 Å². The van der Waals surface area contributed by atoms with E-state index in [0.717, 1.165) is 31.3 Å². The summed E-state index contributed by atoms with van der Waals surface area (Å²) in [5.74, 6) is 0.821. The molecule has 0 amide bonds. The van der Waals surface area contributed by atoms with Crippen LogP contribution in [0.3, 0.4) is 0 Å². The van der Waals surface area contributed by atoms with E-state index in [-0.39, 0.29) is 0 Å². The number of unbranched alkanes of at least 4 members (excludes halogenated alkanes) is 1. The second kappa shape index (κ2) is 5.96. The molecule has 0 atom stereocenters. The van der Waals surface area contributed by atoms with Gasteiger partial charge in [0.15, 0.2) is 0 Å². The van der Waals surface area contributed by atoms with Crippen molar-refractivity contribution in [2.45, 2.75) is 33.1 Å². The number of allylic oxidation sites excluding steroid dienone is 2. The van der Waals surface area contributed by atoms with E-state index in [1.165, 1.54) is 0 Å². The zero-order valence-electron chi connectivity index (χ0n) is 7.52. The van der Waals surface area contributed by atoms with Crippen LogP contribution >= 0.6 is 0 Å². The van der Waals surface area contributed by atoms with Crippen LogP contribution < -0.4 is 0 Å². The van der Waals surface area contributed by atoms with Crippen molar-refractivity contribution in [3.63, 3.8) is 0 Å². The molecule has 0 aromatic heterocycles. The fourth-order valence-electron chi connectivity index (χ4n) is 0.863. The van der Waals surface area contributed by atoms with E-state index in [0.29, 0.717) is 5.57 Å². The molecule has 0 aliphatic carbocycles. The fourth-order valence-corrected chi connectivity index (χ4v) is 0.863. The summed E-state index contributed by atoms with van der Waals surface area (Å²) in [5.41, 5.74) is 0.709. The number of carbonyl (C=O) groups is 1.